The van der Waals surface area contributed by atoms with E-state index in [1.165, 1.54) is 0 Å². The Labute approximate surface area is 105 Å². The Balaban J connectivity index is 2.40. The summed E-state index contributed by atoms with van der Waals surface area (Å²) in [5.41, 5.74) is 2.24. The summed E-state index contributed by atoms with van der Waals surface area (Å²) in [6.07, 6.45) is 0. The van der Waals surface area contributed by atoms with Crippen LogP contribution in [0.4, 0.5) is 5.69 Å². The van der Waals surface area contributed by atoms with Gasteiger partial charge in [-0.1, -0.05) is 29.8 Å². The molecular weight excluding hydrogens is 234 g/mol. The molecule has 2 aromatic rings. The van der Waals surface area contributed by atoms with Crippen molar-refractivity contribution in [2.45, 2.75) is 6.92 Å². The number of rotatable bonds is 2. The van der Waals surface area contributed by atoms with E-state index in [1.807, 2.05) is 37.3 Å². The fourth-order valence-electron chi connectivity index (χ4n) is 1.55. The van der Waals surface area contributed by atoms with Gasteiger partial charge in [-0.15, -0.1) is 0 Å². The van der Waals surface area contributed by atoms with Gasteiger partial charge >= 0.3 is 0 Å². The van der Waals surface area contributed by atoms with E-state index < -0.39 is 0 Å². The minimum Gasteiger partial charge on any atom is -0.507 e. The Morgan fingerprint density at radius 1 is 1.12 bits per heavy atom. The number of halogens is 1. The van der Waals surface area contributed by atoms with Gasteiger partial charge in [0.15, 0.2) is 0 Å². The number of phenolic OH excluding ortho intramolecular Hbond substituents is 1. The van der Waals surface area contributed by atoms with Crippen molar-refractivity contribution in [3.05, 3.63) is 59.1 Å². The van der Waals surface area contributed by atoms with Gasteiger partial charge in [0.05, 0.1) is 5.69 Å². The maximum atomic E-state index is 9.74. The SMILES string of the molecule is CC(=Nc1ccccc1)c1cc(Cl)ccc1O. The minimum absolute atomic E-state index is 0.187. The molecule has 3 heteroatoms. The van der Waals surface area contributed by atoms with Crippen molar-refractivity contribution in [3.8, 4) is 5.75 Å². The number of aromatic hydroxyl groups is 1. The van der Waals surface area contributed by atoms with Crippen LogP contribution in [0.1, 0.15) is 12.5 Å². The summed E-state index contributed by atoms with van der Waals surface area (Å²) in [4.78, 5) is 4.43. The number of nitrogens with zero attached hydrogens (tertiary/aromatic N) is 1. The van der Waals surface area contributed by atoms with Crippen LogP contribution in [0.3, 0.4) is 0 Å². The van der Waals surface area contributed by atoms with Crippen LogP contribution in [0.2, 0.25) is 5.02 Å². The van der Waals surface area contributed by atoms with E-state index >= 15 is 0 Å². The molecule has 0 saturated heterocycles. The first kappa shape index (κ1) is 11.7. The quantitative estimate of drug-likeness (QED) is 0.791. The number of para-hydroxylation sites is 1. The lowest BCUT2D eigenvalue weighted by Crippen LogP contribution is -1.94. The fourth-order valence-corrected chi connectivity index (χ4v) is 1.73. The second-order valence-corrected chi connectivity index (χ2v) is 4.13. The van der Waals surface area contributed by atoms with Gasteiger partial charge in [-0.05, 0) is 37.3 Å². The predicted octanol–water partition coefficient (Wildman–Crippen LogP) is 4.19. The molecule has 17 heavy (non-hydrogen) atoms. The highest BCUT2D eigenvalue weighted by molar-refractivity contribution is 6.31. The van der Waals surface area contributed by atoms with E-state index in [-0.39, 0.29) is 5.75 Å². The number of aliphatic imine (C=N–C) groups is 1. The third-order valence-electron chi connectivity index (χ3n) is 2.40. The first-order valence-electron chi connectivity index (χ1n) is 5.26. The molecule has 0 radical (unpaired) electrons. The van der Waals surface area contributed by atoms with Gasteiger partial charge in [0.25, 0.3) is 0 Å². The monoisotopic (exact) mass is 245 g/mol. The van der Waals surface area contributed by atoms with Gasteiger partial charge < -0.3 is 5.11 Å². The van der Waals surface area contributed by atoms with Crippen molar-refractivity contribution >= 4 is 23.0 Å². The second kappa shape index (κ2) is 5.02. The molecule has 0 saturated carbocycles. The molecule has 0 atom stereocenters. The van der Waals surface area contributed by atoms with E-state index in [0.717, 1.165) is 11.4 Å². The average Bonchev–Trinajstić information content (AvgIpc) is 2.33. The Bertz CT molecular complexity index is 549. The number of phenols is 1. The summed E-state index contributed by atoms with van der Waals surface area (Å²) < 4.78 is 0. The van der Waals surface area contributed by atoms with Gasteiger partial charge in [-0.25, -0.2) is 0 Å². The summed E-state index contributed by atoms with van der Waals surface area (Å²) >= 11 is 5.90. The molecule has 0 aliphatic carbocycles. The van der Waals surface area contributed by atoms with Crippen LogP contribution >= 0.6 is 11.6 Å². The van der Waals surface area contributed by atoms with Crippen LogP contribution in [0.5, 0.6) is 5.75 Å². The van der Waals surface area contributed by atoms with Crippen LogP contribution in [0, 0.1) is 0 Å². The van der Waals surface area contributed by atoms with E-state index in [1.54, 1.807) is 18.2 Å². The number of benzene rings is 2. The summed E-state index contributed by atoms with van der Waals surface area (Å²) in [5.74, 6) is 0.187. The first-order chi connectivity index (χ1) is 8.16. The van der Waals surface area contributed by atoms with E-state index in [2.05, 4.69) is 4.99 Å². The smallest absolute Gasteiger partial charge is 0.124 e. The van der Waals surface area contributed by atoms with Crippen LogP contribution in [-0.4, -0.2) is 10.8 Å². The van der Waals surface area contributed by atoms with Crippen LogP contribution < -0.4 is 0 Å². The van der Waals surface area contributed by atoms with Crippen molar-refractivity contribution in [1.29, 1.82) is 0 Å². The molecule has 0 aliphatic heterocycles. The topological polar surface area (TPSA) is 32.6 Å². The highest BCUT2D eigenvalue weighted by Gasteiger charge is 2.05. The molecule has 2 nitrogen and oxygen atoms in total. The normalized spacial score (nSPS) is 11.5. The molecule has 0 heterocycles. The molecule has 0 fully saturated rings. The van der Waals surface area contributed by atoms with E-state index in [4.69, 9.17) is 11.6 Å². The van der Waals surface area contributed by atoms with Gasteiger partial charge in [0.2, 0.25) is 0 Å². The third-order valence-corrected chi connectivity index (χ3v) is 2.64. The van der Waals surface area contributed by atoms with Crippen LogP contribution in [0.15, 0.2) is 53.5 Å². The standard InChI is InChI=1S/C14H12ClNO/c1-10(16-12-5-3-2-4-6-12)13-9-11(15)7-8-14(13)17/h2-9,17H,1H3. The fraction of sp³-hybridized carbons (Fsp3) is 0.0714. The summed E-state index contributed by atoms with van der Waals surface area (Å²) in [6, 6.07) is 14.5. The van der Waals surface area contributed by atoms with Crippen LogP contribution in [0.25, 0.3) is 0 Å². The maximum Gasteiger partial charge on any atom is 0.124 e. The first-order valence-corrected chi connectivity index (χ1v) is 5.64. The largest absolute Gasteiger partial charge is 0.507 e. The van der Waals surface area contributed by atoms with Crippen molar-refractivity contribution in [2.24, 2.45) is 4.99 Å². The molecule has 0 bridgehead atoms. The van der Waals surface area contributed by atoms with Gasteiger partial charge in [0, 0.05) is 16.3 Å². The van der Waals surface area contributed by atoms with Gasteiger partial charge in [0.1, 0.15) is 5.75 Å². The highest BCUT2D eigenvalue weighted by Crippen LogP contribution is 2.23. The molecule has 86 valence electrons. The summed E-state index contributed by atoms with van der Waals surface area (Å²) in [5, 5.41) is 10.3. The lowest BCUT2D eigenvalue weighted by atomic mass is 10.1. The van der Waals surface area contributed by atoms with E-state index in [0.29, 0.717) is 10.6 Å². The molecular formula is C14H12ClNO. The molecule has 0 amide bonds. The van der Waals surface area contributed by atoms with Crippen molar-refractivity contribution in [1.82, 2.24) is 0 Å². The predicted molar refractivity (Wildman–Crippen MR) is 71.4 cm³/mol. The number of hydrogen-bond donors (Lipinski definition) is 1. The second-order valence-electron chi connectivity index (χ2n) is 3.69. The van der Waals surface area contributed by atoms with Crippen molar-refractivity contribution < 1.29 is 5.11 Å². The Kier molecular flexibility index (Phi) is 3.45. The molecule has 0 spiro atoms. The number of hydrogen-bond acceptors (Lipinski definition) is 2. The highest BCUT2D eigenvalue weighted by atomic mass is 35.5. The molecule has 2 aromatic carbocycles. The molecule has 2 rings (SSSR count). The van der Waals surface area contributed by atoms with E-state index in [9.17, 15) is 5.11 Å². The lowest BCUT2D eigenvalue weighted by Gasteiger charge is -2.04. The summed E-state index contributed by atoms with van der Waals surface area (Å²) in [7, 11) is 0. The van der Waals surface area contributed by atoms with Gasteiger partial charge in [-0.3, -0.25) is 4.99 Å². The summed E-state index contributed by atoms with van der Waals surface area (Å²) in [6.45, 7) is 1.85. The Morgan fingerprint density at radius 2 is 1.82 bits per heavy atom. The van der Waals surface area contributed by atoms with Crippen molar-refractivity contribution in [3.63, 3.8) is 0 Å². The zero-order valence-corrected chi connectivity index (χ0v) is 10.1. The maximum absolute atomic E-state index is 9.74. The average molecular weight is 246 g/mol. The zero-order valence-electron chi connectivity index (χ0n) is 9.39. The van der Waals surface area contributed by atoms with Crippen LogP contribution in [-0.2, 0) is 0 Å². The third kappa shape index (κ3) is 2.86. The minimum atomic E-state index is 0.187. The molecule has 0 unspecified atom stereocenters. The molecule has 0 aromatic heterocycles. The Hall–Kier alpha value is -1.80. The zero-order chi connectivity index (χ0) is 12.3. The Morgan fingerprint density at radius 3 is 2.53 bits per heavy atom. The van der Waals surface area contributed by atoms with Crippen molar-refractivity contribution in [2.75, 3.05) is 0 Å². The van der Waals surface area contributed by atoms with Gasteiger partial charge in [-0.2, -0.15) is 0 Å². The molecule has 1 N–H and O–H groups in total. The lowest BCUT2D eigenvalue weighted by molar-refractivity contribution is 0.474. The molecule has 0 aliphatic rings.